The van der Waals surface area contributed by atoms with Crippen LogP contribution in [-0.4, -0.2) is 16.2 Å². The van der Waals surface area contributed by atoms with Crippen LogP contribution in [0.2, 0.25) is 0 Å². The molecule has 0 saturated carbocycles. The van der Waals surface area contributed by atoms with Crippen LogP contribution in [-0.2, 0) is 16.2 Å². The molecule has 69 heavy (non-hydrogen) atoms. The van der Waals surface area contributed by atoms with Crippen molar-refractivity contribution in [2.45, 2.75) is 85.5 Å². The summed E-state index contributed by atoms with van der Waals surface area (Å²) >= 11 is 0. The fourth-order valence-electron chi connectivity index (χ4n) is 10.0. The maximum Gasteiger partial charge on any atom is 0.137 e. The number of fused-ring (bicyclic) bond motifs is 3. The number of hydrogen-bond donors (Lipinski definition) is 0. The normalized spacial score (nSPS) is 13.6. The number of rotatable bonds is 10. The zero-order valence-electron chi connectivity index (χ0n) is 41.9. The van der Waals surface area contributed by atoms with Crippen LogP contribution in [0.4, 0.5) is 11.4 Å². The lowest BCUT2D eigenvalue weighted by molar-refractivity contribution is 0.483. The Hall–Kier alpha value is -7.37. The first-order valence-electron chi connectivity index (χ1n) is 24.4. The highest BCUT2D eigenvalue weighted by Crippen LogP contribution is 2.44. The van der Waals surface area contributed by atoms with Crippen molar-refractivity contribution in [1.29, 1.82) is 0 Å². The van der Waals surface area contributed by atoms with E-state index in [1.54, 1.807) is 0 Å². The maximum absolute atomic E-state index is 7.06. The van der Waals surface area contributed by atoms with E-state index in [0.717, 1.165) is 50.6 Å². The second-order valence-electron chi connectivity index (χ2n) is 21.9. The van der Waals surface area contributed by atoms with Gasteiger partial charge in [0.05, 0.1) is 17.7 Å². The van der Waals surface area contributed by atoms with Gasteiger partial charge in [0, 0.05) is 68.6 Å². The van der Waals surface area contributed by atoms with Crippen molar-refractivity contribution in [3.8, 4) is 28.4 Å². The summed E-state index contributed by atoms with van der Waals surface area (Å²) in [5.41, 5.74) is 13.7. The first-order valence-corrected chi connectivity index (χ1v) is 24.4. The summed E-state index contributed by atoms with van der Waals surface area (Å²) in [6, 6.07) is 65.8. The topological polar surface area (TPSA) is 33.5 Å². The largest absolute Gasteiger partial charge is 0.457 e. The number of ether oxygens (including phenoxy) is 1. The smallest absolute Gasteiger partial charge is 0.137 e. The van der Waals surface area contributed by atoms with Gasteiger partial charge in [0.2, 0.25) is 0 Å². The molecule has 7 aromatic carbocycles. The molecule has 3 heterocycles. The van der Waals surface area contributed by atoms with Gasteiger partial charge >= 0.3 is 0 Å². The van der Waals surface area contributed by atoms with E-state index in [-0.39, 0.29) is 21.7 Å². The molecule has 2 aromatic heterocycles. The van der Waals surface area contributed by atoms with Gasteiger partial charge in [-0.25, -0.2) is 4.98 Å². The number of aromatic nitrogens is 2. The van der Waals surface area contributed by atoms with Gasteiger partial charge in [-0.1, -0.05) is 178 Å². The van der Waals surface area contributed by atoms with Crippen molar-refractivity contribution < 1.29 is 4.74 Å². The molecular weight excluding hydrogens is 841 g/mol. The van der Waals surface area contributed by atoms with E-state index >= 15 is 0 Å². The van der Waals surface area contributed by atoms with Crippen molar-refractivity contribution in [2.24, 2.45) is 5.41 Å². The fraction of sp³-hybridized carbons (Fsp3) is 0.234. The van der Waals surface area contributed by atoms with Gasteiger partial charge in [-0.2, -0.15) is 0 Å². The second-order valence-corrected chi connectivity index (χ2v) is 21.9. The Bertz CT molecular complexity index is 3350. The Balaban J connectivity index is 1.07. The van der Waals surface area contributed by atoms with E-state index in [9.17, 15) is 0 Å². The van der Waals surface area contributed by atoms with Crippen molar-refractivity contribution in [3.63, 3.8) is 0 Å². The van der Waals surface area contributed by atoms with E-state index < -0.39 is 0 Å². The van der Waals surface area contributed by atoms with Gasteiger partial charge in [0.1, 0.15) is 17.3 Å². The van der Waals surface area contributed by atoms with E-state index in [2.05, 4.69) is 272 Å². The van der Waals surface area contributed by atoms with E-state index in [0.29, 0.717) is 6.67 Å². The molecule has 0 bridgehead atoms. The summed E-state index contributed by atoms with van der Waals surface area (Å²) in [5, 5.41) is 2.33. The maximum atomic E-state index is 7.06. The molecular formula is C64H64N4O. The predicted molar refractivity (Wildman–Crippen MR) is 290 cm³/mol. The lowest BCUT2D eigenvalue weighted by Gasteiger charge is -2.32. The minimum Gasteiger partial charge on any atom is -0.457 e. The monoisotopic (exact) mass is 905 g/mol. The molecule has 1 aliphatic heterocycles. The van der Waals surface area contributed by atoms with Crippen molar-refractivity contribution in [1.82, 2.24) is 9.55 Å². The van der Waals surface area contributed by atoms with Crippen LogP contribution < -0.4 is 14.5 Å². The van der Waals surface area contributed by atoms with Gasteiger partial charge < -0.3 is 14.5 Å². The summed E-state index contributed by atoms with van der Waals surface area (Å²) in [6.45, 7) is 23.6. The highest BCUT2D eigenvalue weighted by molar-refractivity contribution is 6.10. The van der Waals surface area contributed by atoms with Crippen LogP contribution in [0.1, 0.15) is 97.1 Å². The molecule has 346 valence electrons. The molecule has 1 aliphatic rings. The predicted octanol–water partition coefficient (Wildman–Crippen LogP) is 16.8. The molecule has 0 saturated heterocycles. The summed E-state index contributed by atoms with van der Waals surface area (Å²) in [6.07, 6.45) is 4.28. The number of nitrogens with zero attached hydrogens (tertiary/aromatic N) is 4. The van der Waals surface area contributed by atoms with Gasteiger partial charge in [-0.3, -0.25) is 4.57 Å². The summed E-state index contributed by atoms with van der Waals surface area (Å²) in [5.74, 6) is 2.41. The Morgan fingerprint density at radius 3 is 1.72 bits per heavy atom. The number of anilines is 2. The molecule has 5 nitrogen and oxygen atoms in total. The van der Waals surface area contributed by atoms with Crippen LogP contribution >= 0.6 is 0 Å². The molecule has 0 aliphatic carbocycles. The van der Waals surface area contributed by atoms with Gasteiger partial charge in [0.25, 0.3) is 0 Å². The molecule has 0 fully saturated rings. The van der Waals surface area contributed by atoms with Crippen molar-refractivity contribution in [2.75, 3.05) is 16.5 Å². The average molecular weight is 905 g/mol. The lowest BCUT2D eigenvalue weighted by atomic mass is 9.78. The zero-order chi connectivity index (χ0) is 48.3. The molecule has 0 spiro atoms. The molecule has 10 rings (SSSR count). The van der Waals surface area contributed by atoms with E-state index in [1.807, 2.05) is 6.20 Å². The number of hydrogen-bond acceptors (Lipinski definition) is 4. The third-order valence-electron chi connectivity index (χ3n) is 14.4. The third-order valence-corrected chi connectivity index (χ3v) is 14.4. The molecule has 5 heteroatoms. The third kappa shape index (κ3) is 8.72. The highest BCUT2D eigenvalue weighted by atomic mass is 16.5. The van der Waals surface area contributed by atoms with Gasteiger partial charge in [-0.05, 0) is 105 Å². The first-order chi connectivity index (χ1) is 32.9. The summed E-state index contributed by atoms with van der Waals surface area (Å²) in [7, 11) is 0. The lowest BCUT2D eigenvalue weighted by Crippen LogP contribution is -2.31. The van der Waals surface area contributed by atoms with Crippen LogP contribution in [0.5, 0.6) is 11.5 Å². The zero-order valence-corrected chi connectivity index (χ0v) is 41.9. The van der Waals surface area contributed by atoms with E-state index in [1.165, 1.54) is 44.6 Å². The Labute approximate surface area is 409 Å². The summed E-state index contributed by atoms with van der Waals surface area (Å²) < 4.78 is 9.37. The summed E-state index contributed by atoms with van der Waals surface area (Å²) in [4.78, 5) is 9.87. The molecule has 0 N–H and O–H groups in total. The van der Waals surface area contributed by atoms with Crippen molar-refractivity contribution >= 4 is 33.2 Å². The molecule has 0 radical (unpaired) electrons. The Morgan fingerprint density at radius 1 is 0.435 bits per heavy atom. The Morgan fingerprint density at radius 2 is 1.07 bits per heavy atom. The Kier molecular flexibility index (Phi) is 11.4. The molecule has 9 aromatic rings. The number of benzene rings is 7. The molecule has 0 amide bonds. The minimum atomic E-state index is -0.197. The number of allylic oxidation sites excluding steroid dienone is 1. The second kappa shape index (κ2) is 17.3. The minimum absolute atomic E-state index is 0.0440. The molecule has 0 unspecified atom stereocenters. The first kappa shape index (κ1) is 45.4. The van der Waals surface area contributed by atoms with Crippen LogP contribution in [0.15, 0.2) is 200 Å². The van der Waals surface area contributed by atoms with Gasteiger partial charge in [0.15, 0.2) is 0 Å². The standard InChI is InChI=1S/C64H64N4O/c1-61(2,3)48-33-34-65-60(39-48)68-57-32-29-50(64(9,10)47-25-18-13-19-26-47)38-56(57)55-31-30-53(41-58(55)68)69-54-36-45(44-21-14-11-15-22-44)35-52(40-54)66-42-59(62(4,5)6)67(43-66)51-28-20-27-49(37-51)63(7,8)46-23-16-12-17-24-46/h11-42H,43H2,1-10H3. The highest BCUT2D eigenvalue weighted by Gasteiger charge is 2.33. The van der Waals surface area contributed by atoms with E-state index in [4.69, 9.17) is 9.72 Å². The number of pyridine rings is 1. The average Bonchev–Trinajstić information content (AvgIpc) is 3.95. The quantitative estimate of drug-likeness (QED) is 0.137. The van der Waals surface area contributed by atoms with Crippen LogP contribution in [0.25, 0.3) is 38.8 Å². The van der Waals surface area contributed by atoms with Crippen LogP contribution in [0, 0.1) is 5.41 Å². The van der Waals surface area contributed by atoms with Crippen molar-refractivity contribution in [3.05, 3.63) is 228 Å². The van der Waals surface area contributed by atoms with Gasteiger partial charge in [-0.15, -0.1) is 0 Å². The molecule has 0 atom stereocenters. The SMILES string of the molecule is CC(C)(C)C1=CN(c2cc(Oc3ccc4c5cc(C(C)(C)c6ccccc6)ccc5n(-c5cc(C(C)(C)C)ccn5)c4c3)cc(-c3ccccc3)c2)CN1c1cccc(C(C)(C)c2ccccc2)c1. The van der Waals surface area contributed by atoms with Crippen LogP contribution in [0.3, 0.4) is 0 Å². The fourth-order valence-corrected chi connectivity index (χ4v) is 10.0.